The predicted molar refractivity (Wildman–Crippen MR) is 85.7 cm³/mol. The SMILES string of the molecule is CC.COc1cccc(C(N)=NC(=O)C2CCNCC2)c1.[Os]. The number of carbonyl (C=O) groups excluding carboxylic acids is 1. The Kier molecular flexibility index (Phi) is 10.7. The number of methoxy groups -OCH3 is 1. The van der Waals surface area contributed by atoms with Crippen LogP contribution >= 0.6 is 0 Å². The molecule has 2 rings (SSSR count). The van der Waals surface area contributed by atoms with Gasteiger partial charge >= 0.3 is 0 Å². The quantitative estimate of drug-likeness (QED) is 0.511. The minimum Gasteiger partial charge on any atom is -0.497 e. The van der Waals surface area contributed by atoms with Crippen LogP contribution in [0.25, 0.3) is 0 Å². The van der Waals surface area contributed by atoms with Crippen molar-refractivity contribution in [3.8, 4) is 5.75 Å². The molecule has 1 fully saturated rings. The number of rotatable bonds is 3. The molecule has 1 aromatic rings. The van der Waals surface area contributed by atoms with E-state index in [0.717, 1.165) is 25.9 Å². The zero-order valence-electron chi connectivity index (χ0n) is 13.4. The van der Waals surface area contributed by atoms with Crippen molar-refractivity contribution in [3.05, 3.63) is 29.8 Å². The van der Waals surface area contributed by atoms with Crippen LogP contribution in [-0.4, -0.2) is 31.9 Å². The molecule has 1 aliphatic rings. The van der Waals surface area contributed by atoms with Crippen molar-refractivity contribution in [1.82, 2.24) is 5.32 Å². The molecule has 0 unspecified atom stereocenters. The summed E-state index contributed by atoms with van der Waals surface area (Å²) in [5.74, 6) is 0.819. The molecule has 0 bridgehead atoms. The second kappa shape index (κ2) is 11.3. The fourth-order valence-corrected chi connectivity index (χ4v) is 2.13. The Morgan fingerprint density at radius 2 is 1.95 bits per heavy atom. The average molecular weight is 482 g/mol. The topological polar surface area (TPSA) is 76.7 Å². The number of ether oxygens (including phenoxy) is 1. The molecule has 6 heteroatoms. The number of nitrogens with one attached hydrogen (secondary N) is 1. The van der Waals surface area contributed by atoms with Crippen LogP contribution in [0.2, 0.25) is 0 Å². The smallest absolute Gasteiger partial charge is 0.250 e. The van der Waals surface area contributed by atoms with Crippen LogP contribution in [0.5, 0.6) is 5.75 Å². The summed E-state index contributed by atoms with van der Waals surface area (Å²) in [6.07, 6.45) is 1.65. The molecule has 0 atom stereocenters. The molecule has 0 aliphatic carbocycles. The summed E-state index contributed by atoms with van der Waals surface area (Å²) in [4.78, 5) is 16.0. The minimum absolute atomic E-state index is 0. The van der Waals surface area contributed by atoms with E-state index in [1.54, 1.807) is 13.2 Å². The van der Waals surface area contributed by atoms with Crippen LogP contribution < -0.4 is 15.8 Å². The van der Waals surface area contributed by atoms with Gasteiger partial charge in [0.2, 0.25) is 0 Å². The van der Waals surface area contributed by atoms with Crippen LogP contribution in [0.1, 0.15) is 32.3 Å². The third-order valence-electron chi connectivity index (χ3n) is 3.28. The number of hydrogen-bond donors (Lipinski definition) is 2. The van der Waals surface area contributed by atoms with E-state index in [2.05, 4.69) is 10.3 Å². The second-order valence-corrected chi connectivity index (χ2v) is 4.59. The van der Waals surface area contributed by atoms with Crippen molar-refractivity contribution < 1.29 is 29.3 Å². The normalized spacial score (nSPS) is 15.1. The van der Waals surface area contributed by atoms with Crippen LogP contribution in [0, 0.1) is 5.92 Å². The second-order valence-electron chi connectivity index (χ2n) is 4.59. The molecule has 3 N–H and O–H groups in total. The fourth-order valence-electron chi connectivity index (χ4n) is 2.13. The van der Waals surface area contributed by atoms with Gasteiger partial charge in [0, 0.05) is 31.3 Å². The van der Waals surface area contributed by atoms with Crippen LogP contribution in [0.4, 0.5) is 0 Å². The van der Waals surface area contributed by atoms with Crippen molar-refractivity contribution in [2.45, 2.75) is 26.7 Å². The maximum Gasteiger partial charge on any atom is 0.250 e. The summed E-state index contributed by atoms with van der Waals surface area (Å²) in [7, 11) is 1.59. The number of carbonyl (C=O) groups is 1. The van der Waals surface area contributed by atoms with Gasteiger partial charge in [0.05, 0.1) is 7.11 Å². The fraction of sp³-hybridized carbons (Fsp3) is 0.500. The maximum atomic E-state index is 12.0. The summed E-state index contributed by atoms with van der Waals surface area (Å²) in [6.45, 7) is 5.73. The Hall–Kier alpha value is -1.24. The minimum atomic E-state index is -0.123. The van der Waals surface area contributed by atoms with Gasteiger partial charge in [0.1, 0.15) is 11.6 Å². The first kappa shape index (κ1) is 20.8. The largest absolute Gasteiger partial charge is 0.497 e. The number of nitrogens with zero attached hydrogens (tertiary/aromatic N) is 1. The monoisotopic (exact) mass is 483 g/mol. The standard InChI is InChI=1S/C14H19N3O2.C2H6.Os/c1-19-12-4-2-3-11(9-12)13(15)17-14(18)10-5-7-16-8-6-10;1-2;/h2-4,9-10,16H,5-8H2,1H3,(H2,15,17,18);1-2H3;. The first-order chi connectivity index (χ1) is 10.2. The molecule has 5 nitrogen and oxygen atoms in total. The number of aliphatic imine (C=N–C) groups is 1. The summed E-state index contributed by atoms with van der Waals surface area (Å²) in [5, 5.41) is 3.22. The van der Waals surface area contributed by atoms with E-state index in [1.807, 2.05) is 32.0 Å². The first-order valence-electron chi connectivity index (χ1n) is 7.44. The number of nitrogens with two attached hydrogens (primary N) is 1. The van der Waals surface area contributed by atoms with Gasteiger partial charge in [-0.2, -0.15) is 4.99 Å². The molecule has 124 valence electrons. The molecule has 0 aromatic heterocycles. The molecular formula is C16H25N3O2Os. The Morgan fingerprint density at radius 1 is 1.32 bits per heavy atom. The van der Waals surface area contributed by atoms with E-state index >= 15 is 0 Å². The summed E-state index contributed by atoms with van der Waals surface area (Å²) < 4.78 is 5.12. The molecule has 0 radical (unpaired) electrons. The summed E-state index contributed by atoms with van der Waals surface area (Å²) in [6, 6.07) is 7.24. The maximum absolute atomic E-state index is 12.0. The molecule has 1 aliphatic heterocycles. The van der Waals surface area contributed by atoms with Crippen LogP contribution in [0.3, 0.4) is 0 Å². The van der Waals surface area contributed by atoms with Gasteiger partial charge in [-0.1, -0.05) is 26.0 Å². The Labute approximate surface area is 145 Å². The van der Waals surface area contributed by atoms with E-state index < -0.39 is 0 Å². The number of hydrogen-bond acceptors (Lipinski definition) is 3. The van der Waals surface area contributed by atoms with Gasteiger partial charge in [-0.05, 0) is 38.1 Å². The van der Waals surface area contributed by atoms with Gasteiger partial charge in [-0.25, -0.2) is 0 Å². The van der Waals surface area contributed by atoms with E-state index in [4.69, 9.17) is 10.5 Å². The Bertz CT molecular complexity index is 486. The van der Waals surface area contributed by atoms with Crippen molar-refractivity contribution >= 4 is 11.7 Å². The average Bonchev–Trinajstić information content (AvgIpc) is 2.57. The van der Waals surface area contributed by atoms with Gasteiger partial charge in [0.15, 0.2) is 0 Å². The molecule has 1 saturated heterocycles. The molecule has 22 heavy (non-hydrogen) atoms. The van der Waals surface area contributed by atoms with Crippen LogP contribution in [0.15, 0.2) is 29.3 Å². The van der Waals surface area contributed by atoms with E-state index in [1.165, 1.54) is 0 Å². The Balaban J connectivity index is 0.00000141. The number of benzene rings is 1. The van der Waals surface area contributed by atoms with Crippen molar-refractivity contribution in [1.29, 1.82) is 0 Å². The zero-order chi connectivity index (χ0) is 15.7. The van der Waals surface area contributed by atoms with Crippen molar-refractivity contribution in [2.75, 3.05) is 20.2 Å². The number of piperidine rings is 1. The van der Waals surface area contributed by atoms with Gasteiger partial charge < -0.3 is 15.8 Å². The van der Waals surface area contributed by atoms with Gasteiger partial charge in [0.25, 0.3) is 5.91 Å². The predicted octanol–water partition coefficient (Wildman–Crippen LogP) is 1.95. The Morgan fingerprint density at radius 3 is 2.55 bits per heavy atom. The van der Waals surface area contributed by atoms with Gasteiger partial charge in [-0.15, -0.1) is 0 Å². The molecular weight excluding hydrogens is 456 g/mol. The number of amides is 1. The third-order valence-corrected chi connectivity index (χ3v) is 3.28. The molecule has 1 heterocycles. The first-order valence-corrected chi connectivity index (χ1v) is 7.44. The van der Waals surface area contributed by atoms with Crippen molar-refractivity contribution in [2.24, 2.45) is 16.6 Å². The molecule has 1 aromatic carbocycles. The van der Waals surface area contributed by atoms with Gasteiger partial charge in [-0.3, -0.25) is 4.79 Å². The summed E-state index contributed by atoms with van der Waals surface area (Å²) in [5.41, 5.74) is 6.59. The summed E-state index contributed by atoms with van der Waals surface area (Å²) >= 11 is 0. The van der Waals surface area contributed by atoms with E-state index in [0.29, 0.717) is 11.3 Å². The molecule has 0 spiro atoms. The van der Waals surface area contributed by atoms with Crippen LogP contribution in [-0.2, 0) is 24.6 Å². The van der Waals surface area contributed by atoms with E-state index in [9.17, 15) is 4.79 Å². The number of amidine groups is 1. The zero-order valence-corrected chi connectivity index (χ0v) is 16.0. The molecule has 1 amide bonds. The van der Waals surface area contributed by atoms with Crippen molar-refractivity contribution in [3.63, 3.8) is 0 Å². The third kappa shape index (κ3) is 6.25. The molecule has 0 saturated carbocycles. The van der Waals surface area contributed by atoms with E-state index in [-0.39, 0.29) is 37.5 Å².